The standard InChI is InChI=1S/C23H26FN5OS/c1-17(22(30)25-20-11-9-19(24)10-12-20)31-23-27-26-21(16-28-13-5-6-14-28)29(23)15-18-7-3-2-4-8-18/h2-4,7-12,17H,5-6,13-16H2,1H3,(H,25,30). The van der Waals surface area contributed by atoms with Crippen molar-refractivity contribution in [3.8, 4) is 0 Å². The van der Waals surface area contributed by atoms with Crippen molar-refractivity contribution >= 4 is 23.4 Å². The number of carbonyl (C=O) groups is 1. The van der Waals surface area contributed by atoms with Crippen LogP contribution in [0.3, 0.4) is 0 Å². The maximum atomic E-state index is 13.1. The molecule has 1 fully saturated rings. The summed E-state index contributed by atoms with van der Waals surface area (Å²) in [5, 5.41) is 12.0. The molecule has 1 aliphatic rings. The van der Waals surface area contributed by atoms with Crippen molar-refractivity contribution in [3.63, 3.8) is 0 Å². The lowest BCUT2D eigenvalue weighted by Crippen LogP contribution is -2.24. The Hall–Kier alpha value is -2.71. The predicted octanol–water partition coefficient (Wildman–Crippen LogP) is 4.18. The Bertz CT molecular complexity index is 1000. The minimum atomic E-state index is -0.386. The van der Waals surface area contributed by atoms with Crippen molar-refractivity contribution in [2.45, 2.75) is 43.3 Å². The maximum absolute atomic E-state index is 13.1. The van der Waals surface area contributed by atoms with E-state index in [1.165, 1.54) is 36.7 Å². The lowest BCUT2D eigenvalue weighted by atomic mass is 10.2. The van der Waals surface area contributed by atoms with Gasteiger partial charge in [0.1, 0.15) is 11.6 Å². The second-order valence-corrected chi connectivity index (χ2v) is 9.02. The van der Waals surface area contributed by atoms with Crippen molar-refractivity contribution in [2.75, 3.05) is 18.4 Å². The van der Waals surface area contributed by atoms with Crippen LogP contribution < -0.4 is 5.32 Å². The Kier molecular flexibility index (Phi) is 6.99. The van der Waals surface area contributed by atoms with Crippen LogP contribution in [0.5, 0.6) is 0 Å². The van der Waals surface area contributed by atoms with E-state index in [0.717, 1.165) is 36.2 Å². The maximum Gasteiger partial charge on any atom is 0.237 e. The number of amides is 1. The first kappa shape index (κ1) is 21.5. The fourth-order valence-electron chi connectivity index (χ4n) is 3.58. The van der Waals surface area contributed by atoms with Crippen LogP contribution in [0.15, 0.2) is 59.8 Å². The van der Waals surface area contributed by atoms with Crippen LogP contribution in [0.25, 0.3) is 0 Å². The number of likely N-dealkylation sites (tertiary alicyclic amines) is 1. The summed E-state index contributed by atoms with van der Waals surface area (Å²) in [6.07, 6.45) is 2.43. The van der Waals surface area contributed by atoms with Gasteiger partial charge < -0.3 is 9.88 Å². The number of aromatic nitrogens is 3. The summed E-state index contributed by atoms with van der Waals surface area (Å²) in [5.41, 5.74) is 1.73. The van der Waals surface area contributed by atoms with Crippen molar-refractivity contribution < 1.29 is 9.18 Å². The number of nitrogens with one attached hydrogen (secondary N) is 1. The van der Waals surface area contributed by atoms with Crippen molar-refractivity contribution in [1.82, 2.24) is 19.7 Å². The first-order chi connectivity index (χ1) is 15.1. The average molecular weight is 440 g/mol. The lowest BCUT2D eigenvalue weighted by molar-refractivity contribution is -0.115. The zero-order valence-corrected chi connectivity index (χ0v) is 18.3. The van der Waals surface area contributed by atoms with E-state index in [0.29, 0.717) is 12.2 Å². The molecule has 0 radical (unpaired) electrons. The number of benzene rings is 2. The molecule has 6 nitrogen and oxygen atoms in total. The topological polar surface area (TPSA) is 63.1 Å². The summed E-state index contributed by atoms with van der Waals surface area (Å²) in [4.78, 5) is 15.1. The van der Waals surface area contributed by atoms with Crippen LogP contribution in [0.2, 0.25) is 0 Å². The highest BCUT2D eigenvalue weighted by Crippen LogP contribution is 2.25. The minimum Gasteiger partial charge on any atom is -0.325 e. The highest BCUT2D eigenvalue weighted by molar-refractivity contribution is 8.00. The van der Waals surface area contributed by atoms with Gasteiger partial charge in [0, 0.05) is 5.69 Å². The molecule has 1 aliphatic heterocycles. The van der Waals surface area contributed by atoms with E-state index in [1.54, 1.807) is 12.1 Å². The molecule has 0 aliphatic carbocycles. The molecule has 4 rings (SSSR count). The number of rotatable bonds is 8. The summed E-state index contributed by atoms with van der Waals surface area (Å²) < 4.78 is 15.2. The van der Waals surface area contributed by atoms with E-state index in [1.807, 2.05) is 25.1 Å². The zero-order chi connectivity index (χ0) is 21.6. The molecule has 2 aromatic carbocycles. The molecule has 0 saturated carbocycles. The quantitative estimate of drug-likeness (QED) is 0.534. The van der Waals surface area contributed by atoms with Gasteiger partial charge >= 0.3 is 0 Å². The summed E-state index contributed by atoms with van der Waals surface area (Å²) in [6.45, 7) is 5.42. The van der Waals surface area contributed by atoms with Crippen LogP contribution in [0.4, 0.5) is 10.1 Å². The van der Waals surface area contributed by atoms with Gasteiger partial charge in [0.25, 0.3) is 0 Å². The molecule has 2 heterocycles. The normalized spacial score (nSPS) is 15.2. The molecule has 0 spiro atoms. The Morgan fingerprint density at radius 2 is 1.77 bits per heavy atom. The summed E-state index contributed by atoms with van der Waals surface area (Å²) in [5.74, 6) is 0.423. The molecule has 8 heteroatoms. The van der Waals surface area contributed by atoms with Gasteiger partial charge in [-0.25, -0.2) is 4.39 Å². The van der Waals surface area contributed by atoms with Gasteiger partial charge in [0.15, 0.2) is 5.16 Å². The van der Waals surface area contributed by atoms with Gasteiger partial charge in [-0.1, -0.05) is 42.1 Å². The molecule has 1 amide bonds. The molecular weight excluding hydrogens is 413 g/mol. The third-order valence-corrected chi connectivity index (χ3v) is 6.38. The molecule has 162 valence electrons. The van der Waals surface area contributed by atoms with Gasteiger partial charge in [-0.3, -0.25) is 9.69 Å². The van der Waals surface area contributed by atoms with E-state index in [-0.39, 0.29) is 17.0 Å². The number of hydrogen-bond acceptors (Lipinski definition) is 5. The van der Waals surface area contributed by atoms with Crippen LogP contribution >= 0.6 is 11.8 Å². The van der Waals surface area contributed by atoms with Crippen molar-refractivity contribution in [3.05, 3.63) is 71.8 Å². The highest BCUT2D eigenvalue weighted by atomic mass is 32.2. The van der Waals surface area contributed by atoms with Gasteiger partial charge in [-0.2, -0.15) is 0 Å². The number of thioether (sulfide) groups is 1. The van der Waals surface area contributed by atoms with Crippen LogP contribution in [-0.2, 0) is 17.9 Å². The Labute approximate surface area is 185 Å². The monoisotopic (exact) mass is 439 g/mol. The molecule has 1 aromatic heterocycles. The number of halogens is 1. The van der Waals surface area contributed by atoms with Crippen LogP contribution in [0, 0.1) is 5.82 Å². The Balaban J connectivity index is 1.49. The van der Waals surface area contributed by atoms with Crippen molar-refractivity contribution in [1.29, 1.82) is 0 Å². The molecule has 0 bridgehead atoms. The van der Waals surface area contributed by atoms with E-state index in [9.17, 15) is 9.18 Å². The lowest BCUT2D eigenvalue weighted by Gasteiger charge is -2.17. The van der Waals surface area contributed by atoms with E-state index >= 15 is 0 Å². The molecule has 3 aromatic rings. The zero-order valence-electron chi connectivity index (χ0n) is 17.5. The minimum absolute atomic E-state index is 0.160. The molecule has 1 atom stereocenters. The molecule has 1 saturated heterocycles. The summed E-state index contributed by atoms with van der Waals surface area (Å²) in [7, 11) is 0. The third-order valence-electron chi connectivity index (χ3n) is 5.30. The first-order valence-electron chi connectivity index (χ1n) is 10.5. The van der Waals surface area contributed by atoms with Gasteiger partial charge in [0.05, 0.1) is 18.3 Å². The molecule has 1 unspecified atom stereocenters. The van der Waals surface area contributed by atoms with Gasteiger partial charge in [-0.15, -0.1) is 10.2 Å². The summed E-state index contributed by atoms with van der Waals surface area (Å²) in [6, 6.07) is 16.0. The molecule has 31 heavy (non-hydrogen) atoms. The highest BCUT2D eigenvalue weighted by Gasteiger charge is 2.22. The van der Waals surface area contributed by atoms with Gasteiger partial charge in [-0.05, 0) is 62.7 Å². The average Bonchev–Trinajstić information content (AvgIpc) is 3.42. The second-order valence-electron chi connectivity index (χ2n) is 7.71. The van der Waals surface area contributed by atoms with Gasteiger partial charge in [0.2, 0.25) is 5.91 Å². The largest absolute Gasteiger partial charge is 0.325 e. The fraction of sp³-hybridized carbons (Fsp3) is 0.348. The Morgan fingerprint density at radius 1 is 1.06 bits per heavy atom. The molecule has 1 N–H and O–H groups in total. The molecular formula is C23H26FN5OS. The number of nitrogens with zero attached hydrogens (tertiary/aromatic N) is 4. The number of anilines is 1. The fourth-order valence-corrected chi connectivity index (χ4v) is 4.44. The summed E-state index contributed by atoms with van der Waals surface area (Å²) >= 11 is 1.38. The second kappa shape index (κ2) is 10.1. The Morgan fingerprint density at radius 3 is 2.48 bits per heavy atom. The third kappa shape index (κ3) is 5.71. The van der Waals surface area contributed by atoms with Crippen LogP contribution in [0.1, 0.15) is 31.2 Å². The first-order valence-corrected chi connectivity index (χ1v) is 11.4. The predicted molar refractivity (Wildman–Crippen MR) is 120 cm³/mol. The number of carbonyl (C=O) groups excluding carboxylic acids is 1. The smallest absolute Gasteiger partial charge is 0.237 e. The SMILES string of the molecule is CC(Sc1nnc(CN2CCCC2)n1Cc1ccccc1)C(=O)Nc1ccc(F)cc1. The van der Waals surface area contributed by atoms with Crippen LogP contribution in [-0.4, -0.2) is 43.9 Å². The van der Waals surface area contributed by atoms with E-state index in [4.69, 9.17) is 0 Å². The van der Waals surface area contributed by atoms with E-state index in [2.05, 4.69) is 37.1 Å². The number of hydrogen-bond donors (Lipinski definition) is 1. The van der Waals surface area contributed by atoms with Crippen molar-refractivity contribution in [2.24, 2.45) is 0 Å². The van der Waals surface area contributed by atoms with E-state index < -0.39 is 0 Å².